The molecule has 0 aromatic heterocycles. The Labute approximate surface area is 192 Å². The number of rotatable bonds is 5. The summed E-state index contributed by atoms with van der Waals surface area (Å²) in [7, 11) is -5.39. The van der Waals surface area contributed by atoms with Gasteiger partial charge in [0.15, 0.2) is 0 Å². The lowest BCUT2D eigenvalue weighted by atomic mass is 10.1. The first kappa shape index (κ1) is 23.9. The minimum atomic E-state index is -5.39. The van der Waals surface area contributed by atoms with Crippen LogP contribution in [0.3, 0.4) is 0 Å². The second kappa shape index (κ2) is 9.00. The molecule has 0 unspecified atom stereocenters. The third-order valence-corrected chi connectivity index (χ3v) is 8.33. The van der Waals surface area contributed by atoms with Crippen molar-refractivity contribution in [2.24, 2.45) is 0 Å². The van der Waals surface area contributed by atoms with Gasteiger partial charge in [-0.3, -0.25) is 9.69 Å². The van der Waals surface area contributed by atoms with Crippen molar-refractivity contribution >= 4 is 61.5 Å². The summed E-state index contributed by atoms with van der Waals surface area (Å²) >= 11 is 7.83. The molecule has 1 saturated heterocycles. The van der Waals surface area contributed by atoms with Crippen LogP contribution in [-0.2, 0) is 14.6 Å². The lowest BCUT2D eigenvalue weighted by Crippen LogP contribution is -2.27. The van der Waals surface area contributed by atoms with Gasteiger partial charge in [0.05, 0.1) is 20.5 Å². The van der Waals surface area contributed by atoms with Gasteiger partial charge < -0.3 is 4.90 Å². The second-order valence-electron chi connectivity index (χ2n) is 6.29. The van der Waals surface area contributed by atoms with Crippen molar-refractivity contribution in [1.29, 1.82) is 0 Å². The van der Waals surface area contributed by atoms with Gasteiger partial charge in [-0.2, -0.15) is 13.2 Å². The van der Waals surface area contributed by atoms with Gasteiger partial charge in [-0.15, -0.1) is 0 Å². The van der Waals surface area contributed by atoms with Gasteiger partial charge in [0.25, 0.3) is 15.7 Å². The SMILES string of the molecule is CCN1C(=O)C(=CC=C2SC=C(c3ccc(S(=O)(=O)C(F)(F)F)cc3)N2CC)SC1=S. The highest BCUT2D eigenvalue weighted by atomic mass is 32.2. The fourth-order valence-electron chi connectivity index (χ4n) is 2.91. The molecule has 1 aromatic rings. The van der Waals surface area contributed by atoms with Crippen LogP contribution in [0.1, 0.15) is 19.4 Å². The number of halogens is 3. The number of thiocarbonyl (C=S) groups is 1. The number of benzene rings is 1. The van der Waals surface area contributed by atoms with E-state index in [4.69, 9.17) is 12.2 Å². The monoisotopic (exact) mass is 506 g/mol. The van der Waals surface area contributed by atoms with Gasteiger partial charge >= 0.3 is 5.51 Å². The minimum Gasteiger partial charge on any atom is -0.335 e. The molecule has 1 fully saturated rings. The normalized spacial score (nSPS) is 20.4. The van der Waals surface area contributed by atoms with Gasteiger partial charge in [-0.05, 0) is 43.7 Å². The lowest BCUT2D eigenvalue weighted by molar-refractivity contribution is -0.122. The highest BCUT2D eigenvalue weighted by Crippen LogP contribution is 2.40. The quantitative estimate of drug-likeness (QED) is 0.414. The van der Waals surface area contributed by atoms with Crippen molar-refractivity contribution in [3.63, 3.8) is 0 Å². The predicted octanol–water partition coefficient (Wildman–Crippen LogP) is 4.95. The third-order valence-electron chi connectivity index (χ3n) is 4.50. The van der Waals surface area contributed by atoms with E-state index < -0.39 is 20.2 Å². The molecule has 0 spiro atoms. The lowest BCUT2D eigenvalue weighted by Gasteiger charge is -2.21. The average Bonchev–Trinajstić information content (AvgIpc) is 3.25. The molecule has 1 aromatic carbocycles. The maximum atomic E-state index is 12.7. The molecule has 12 heteroatoms. The largest absolute Gasteiger partial charge is 0.501 e. The van der Waals surface area contributed by atoms with Crippen molar-refractivity contribution in [2.75, 3.05) is 13.1 Å². The van der Waals surface area contributed by atoms with Crippen molar-refractivity contribution in [3.05, 3.63) is 57.3 Å². The molecule has 2 aliphatic rings. The van der Waals surface area contributed by atoms with Crippen LogP contribution >= 0.6 is 35.7 Å². The van der Waals surface area contributed by atoms with Crippen LogP contribution in [0.2, 0.25) is 0 Å². The third kappa shape index (κ3) is 4.57. The smallest absolute Gasteiger partial charge is 0.335 e. The topological polar surface area (TPSA) is 57.7 Å². The number of hydrogen-bond acceptors (Lipinski definition) is 7. The summed E-state index contributed by atoms with van der Waals surface area (Å²) in [6, 6.07) is 4.61. The number of sulfone groups is 1. The van der Waals surface area contributed by atoms with Gasteiger partial charge in [0.1, 0.15) is 4.32 Å². The summed E-state index contributed by atoms with van der Waals surface area (Å²) in [6.45, 7) is 4.82. The van der Waals surface area contributed by atoms with E-state index in [2.05, 4.69) is 0 Å². The second-order valence-corrected chi connectivity index (χ2v) is 10.8. The van der Waals surface area contributed by atoms with Gasteiger partial charge in [-0.25, -0.2) is 8.42 Å². The molecule has 31 heavy (non-hydrogen) atoms. The van der Waals surface area contributed by atoms with Crippen molar-refractivity contribution in [1.82, 2.24) is 9.80 Å². The Hall–Kier alpha value is -1.76. The highest BCUT2D eigenvalue weighted by Gasteiger charge is 2.46. The Kier molecular flexibility index (Phi) is 6.94. The van der Waals surface area contributed by atoms with E-state index in [0.29, 0.717) is 27.9 Å². The first-order chi connectivity index (χ1) is 14.5. The van der Waals surface area contributed by atoms with Crippen LogP contribution in [0.5, 0.6) is 0 Å². The van der Waals surface area contributed by atoms with Gasteiger partial charge in [0, 0.05) is 18.5 Å². The molecule has 2 heterocycles. The molecule has 166 valence electrons. The standard InChI is InChI=1S/C19H17F3N2O3S4/c1-3-23-14(12-5-7-13(8-6-12)31(26,27)19(20,21)22)11-29-16(23)10-9-15-17(25)24(4-2)18(28)30-15/h5-11H,3-4H2,1-2H3. The maximum Gasteiger partial charge on any atom is 0.501 e. The summed E-state index contributed by atoms with van der Waals surface area (Å²) in [5.74, 6) is -0.143. The van der Waals surface area contributed by atoms with Crippen LogP contribution in [0.15, 0.2) is 56.7 Å². The zero-order valence-electron chi connectivity index (χ0n) is 16.3. The van der Waals surface area contributed by atoms with Crippen LogP contribution < -0.4 is 0 Å². The molecule has 0 aliphatic carbocycles. The van der Waals surface area contributed by atoms with Crippen LogP contribution in [0.25, 0.3) is 5.70 Å². The Morgan fingerprint density at radius 3 is 2.19 bits per heavy atom. The Bertz CT molecular complexity index is 1110. The summed E-state index contributed by atoms with van der Waals surface area (Å²) < 4.78 is 61.8. The Morgan fingerprint density at radius 1 is 1.06 bits per heavy atom. The zero-order chi connectivity index (χ0) is 23.0. The molecular weight excluding hydrogens is 489 g/mol. The first-order valence-corrected chi connectivity index (χ1v) is 12.6. The number of alkyl halides is 3. The van der Waals surface area contributed by atoms with Crippen LogP contribution in [0.4, 0.5) is 13.2 Å². The van der Waals surface area contributed by atoms with E-state index in [0.717, 1.165) is 22.9 Å². The van der Waals surface area contributed by atoms with E-state index in [-0.39, 0.29) is 5.91 Å². The summed E-state index contributed by atoms with van der Waals surface area (Å²) in [5, 5.41) is 2.65. The molecule has 5 nitrogen and oxygen atoms in total. The molecule has 1 amide bonds. The van der Waals surface area contributed by atoms with E-state index in [9.17, 15) is 26.4 Å². The number of hydrogen-bond donors (Lipinski definition) is 0. The van der Waals surface area contributed by atoms with Crippen LogP contribution in [0, 0.1) is 0 Å². The van der Waals surface area contributed by atoms with Crippen molar-refractivity contribution in [2.45, 2.75) is 24.3 Å². The number of thioether (sulfide) groups is 2. The average molecular weight is 507 g/mol. The molecule has 3 rings (SSSR count). The van der Waals surface area contributed by atoms with E-state index in [1.165, 1.54) is 40.6 Å². The highest BCUT2D eigenvalue weighted by molar-refractivity contribution is 8.26. The fraction of sp³-hybridized carbons (Fsp3) is 0.263. The zero-order valence-corrected chi connectivity index (χ0v) is 19.6. The number of carbonyl (C=O) groups is 1. The summed E-state index contributed by atoms with van der Waals surface area (Å²) in [4.78, 5) is 15.5. The number of allylic oxidation sites excluding steroid dienone is 2. The number of amides is 1. The van der Waals surface area contributed by atoms with Crippen LogP contribution in [-0.4, -0.2) is 47.0 Å². The van der Waals surface area contributed by atoms with E-state index >= 15 is 0 Å². The molecule has 0 saturated carbocycles. The molecule has 2 aliphatic heterocycles. The molecular formula is C19H17F3N2O3S4. The van der Waals surface area contributed by atoms with E-state index in [1.807, 2.05) is 24.2 Å². The summed E-state index contributed by atoms with van der Waals surface area (Å²) in [6.07, 6.45) is 3.50. The number of nitrogens with zero attached hydrogens (tertiary/aromatic N) is 2. The van der Waals surface area contributed by atoms with Crippen molar-refractivity contribution < 1.29 is 26.4 Å². The maximum absolute atomic E-state index is 12.7. The molecule has 0 radical (unpaired) electrons. The predicted molar refractivity (Wildman–Crippen MR) is 121 cm³/mol. The van der Waals surface area contributed by atoms with Crippen molar-refractivity contribution in [3.8, 4) is 0 Å². The number of likely N-dealkylation sites (N-methyl/N-ethyl adjacent to an activating group) is 1. The first-order valence-electron chi connectivity index (χ1n) is 9.03. The minimum absolute atomic E-state index is 0.143. The molecule has 0 bridgehead atoms. The molecule has 0 N–H and O–H groups in total. The fourth-order valence-corrected chi connectivity index (χ4v) is 6.00. The van der Waals surface area contributed by atoms with Gasteiger partial charge in [-0.1, -0.05) is 47.9 Å². The molecule has 0 atom stereocenters. The number of carbonyl (C=O) groups excluding carboxylic acids is 1. The Morgan fingerprint density at radius 2 is 1.68 bits per heavy atom. The van der Waals surface area contributed by atoms with Gasteiger partial charge in [0.2, 0.25) is 0 Å². The Balaban J connectivity index is 1.83. The summed E-state index contributed by atoms with van der Waals surface area (Å²) in [5.41, 5.74) is -4.04. The van der Waals surface area contributed by atoms with E-state index in [1.54, 1.807) is 12.2 Å².